The van der Waals surface area contributed by atoms with Crippen molar-refractivity contribution in [2.24, 2.45) is 10.9 Å². The second-order valence-electron chi connectivity index (χ2n) is 9.67. The van der Waals surface area contributed by atoms with Gasteiger partial charge in [0.25, 0.3) is 0 Å². The minimum absolute atomic E-state index is 0.00377. The number of esters is 1. The van der Waals surface area contributed by atoms with Crippen LogP contribution in [-0.2, 0) is 14.3 Å². The molecule has 0 radical (unpaired) electrons. The van der Waals surface area contributed by atoms with E-state index >= 15 is 0 Å². The molecule has 1 spiro atoms. The lowest BCUT2D eigenvalue weighted by Gasteiger charge is -2.40. The Balaban J connectivity index is 1.57. The second-order valence-corrected chi connectivity index (χ2v) is 11.2. The second kappa shape index (κ2) is 7.93. The first-order valence-electron chi connectivity index (χ1n) is 10.9. The molecule has 1 saturated carbocycles. The molecule has 5 nitrogen and oxygen atoms in total. The SMILES string of the molecule is CC(C)(C)OC(=O)C1CC2C(C(=O)NC3CCCCC3)=CN=C3CC=CCC32S1. The van der Waals surface area contributed by atoms with Crippen LogP contribution in [0.3, 0.4) is 0 Å². The van der Waals surface area contributed by atoms with Gasteiger partial charge in [-0.2, -0.15) is 0 Å². The van der Waals surface area contributed by atoms with Gasteiger partial charge in [-0.25, -0.2) is 0 Å². The largest absolute Gasteiger partial charge is 0.459 e. The Labute approximate surface area is 177 Å². The minimum atomic E-state index is -0.510. The lowest BCUT2D eigenvalue weighted by molar-refractivity contribution is -0.154. The topological polar surface area (TPSA) is 67.8 Å². The van der Waals surface area contributed by atoms with Gasteiger partial charge < -0.3 is 10.1 Å². The van der Waals surface area contributed by atoms with Gasteiger partial charge in [0.05, 0.1) is 4.75 Å². The van der Waals surface area contributed by atoms with Crippen molar-refractivity contribution in [3.05, 3.63) is 23.9 Å². The fourth-order valence-corrected chi connectivity index (χ4v) is 6.81. The third-order valence-electron chi connectivity index (χ3n) is 6.36. The van der Waals surface area contributed by atoms with E-state index in [1.54, 1.807) is 18.0 Å². The Morgan fingerprint density at radius 3 is 2.69 bits per heavy atom. The van der Waals surface area contributed by atoms with Gasteiger partial charge >= 0.3 is 5.97 Å². The summed E-state index contributed by atoms with van der Waals surface area (Å²) in [5.41, 5.74) is 1.33. The minimum Gasteiger partial charge on any atom is -0.459 e. The highest BCUT2D eigenvalue weighted by Gasteiger charge is 2.57. The van der Waals surface area contributed by atoms with Crippen LogP contribution in [0, 0.1) is 5.92 Å². The van der Waals surface area contributed by atoms with Crippen molar-refractivity contribution in [1.29, 1.82) is 0 Å². The van der Waals surface area contributed by atoms with Gasteiger partial charge in [-0.1, -0.05) is 31.4 Å². The number of ether oxygens (including phenoxy) is 1. The van der Waals surface area contributed by atoms with Crippen molar-refractivity contribution >= 4 is 29.4 Å². The molecule has 1 amide bonds. The molecule has 0 aromatic heterocycles. The summed E-state index contributed by atoms with van der Waals surface area (Å²) in [7, 11) is 0. The molecule has 1 N–H and O–H groups in total. The number of allylic oxidation sites excluding steroid dienone is 2. The van der Waals surface area contributed by atoms with Crippen LogP contribution < -0.4 is 5.32 Å². The first-order valence-corrected chi connectivity index (χ1v) is 11.8. The van der Waals surface area contributed by atoms with Crippen LogP contribution in [0.5, 0.6) is 0 Å². The normalized spacial score (nSPS) is 32.0. The molecule has 2 aliphatic carbocycles. The number of nitrogens with zero attached hydrogens (tertiary/aromatic N) is 1. The molecule has 158 valence electrons. The number of aliphatic imine (C=N–C) groups is 1. The number of hydrogen-bond acceptors (Lipinski definition) is 5. The van der Waals surface area contributed by atoms with Gasteiger partial charge in [-0.05, 0) is 46.5 Å². The molecule has 0 aromatic rings. The van der Waals surface area contributed by atoms with E-state index in [4.69, 9.17) is 9.73 Å². The molecule has 2 aliphatic heterocycles. The summed E-state index contributed by atoms with van der Waals surface area (Å²) >= 11 is 1.66. The summed E-state index contributed by atoms with van der Waals surface area (Å²) in [6, 6.07) is 0.264. The lowest BCUT2D eigenvalue weighted by atomic mass is 9.73. The van der Waals surface area contributed by atoms with E-state index in [0.29, 0.717) is 6.42 Å². The van der Waals surface area contributed by atoms with Gasteiger partial charge in [0.15, 0.2) is 0 Å². The molecule has 2 fully saturated rings. The molecular weight excluding hydrogens is 384 g/mol. The van der Waals surface area contributed by atoms with Crippen LogP contribution in [0.1, 0.15) is 72.1 Å². The molecule has 1 saturated heterocycles. The molecule has 0 aromatic carbocycles. The molecule has 6 heteroatoms. The van der Waals surface area contributed by atoms with Crippen LogP contribution in [0.2, 0.25) is 0 Å². The molecule has 0 bridgehead atoms. The smallest absolute Gasteiger partial charge is 0.319 e. The molecular formula is C23H32N2O3S. The zero-order valence-electron chi connectivity index (χ0n) is 17.7. The predicted octanol–water partition coefficient (Wildman–Crippen LogP) is 4.33. The predicted molar refractivity (Wildman–Crippen MR) is 117 cm³/mol. The number of rotatable bonds is 3. The highest BCUT2D eigenvalue weighted by molar-refractivity contribution is 8.03. The molecule has 2 heterocycles. The highest BCUT2D eigenvalue weighted by atomic mass is 32.2. The summed E-state index contributed by atoms with van der Waals surface area (Å²) < 4.78 is 5.40. The van der Waals surface area contributed by atoms with E-state index in [9.17, 15) is 9.59 Å². The number of carbonyl (C=O) groups excluding carboxylic acids is 2. The Kier molecular flexibility index (Phi) is 5.66. The van der Waals surface area contributed by atoms with Gasteiger partial charge in [0.2, 0.25) is 5.91 Å². The maximum absolute atomic E-state index is 13.2. The van der Waals surface area contributed by atoms with Gasteiger partial charge in [0, 0.05) is 35.9 Å². The van der Waals surface area contributed by atoms with E-state index < -0.39 is 5.60 Å². The van der Waals surface area contributed by atoms with E-state index in [1.165, 1.54) is 19.3 Å². The zero-order valence-corrected chi connectivity index (χ0v) is 18.5. The summed E-state index contributed by atoms with van der Waals surface area (Å²) in [5, 5.41) is 2.99. The molecule has 29 heavy (non-hydrogen) atoms. The van der Waals surface area contributed by atoms with Crippen molar-refractivity contribution in [3.63, 3.8) is 0 Å². The Hall–Kier alpha value is -1.56. The first kappa shape index (κ1) is 20.7. The fourth-order valence-electron chi connectivity index (χ4n) is 5.01. The fraction of sp³-hybridized carbons (Fsp3) is 0.696. The average Bonchev–Trinajstić information content (AvgIpc) is 3.06. The van der Waals surface area contributed by atoms with Crippen LogP contribution in [0.15, 0.2) is 28.9 Å². The van der Waals surface area contributed by atoms with Crippen LogP contribution in [-0.4, -0.2) is 39.2 Å². The van der Waals surface area contributed by atoms with Crippen molar-refractivity contribution in [3.8, 4) is 0 Å². The Bertz CT molecular complexity index is 773. The average molecular weight is 417 g/mol. The molecule has 4 rings (SSSR count). The summed E-state index contributed by atoms with van der Waals surface area (Å²) in [6.45, 7) is 5.69. The Morgan fingerprint density at radius 2 is 1.97 bits per heavy atom. The van der Waals surface area contributed by atoms with Crippen molar-refractivity contribution in [1.82, 2.24) is 5.32 Å². The standard InChI is InChI=1S/C23H32N2O3S/c1-22(2,3)28-21(27)18-13-17-16(20(26)25-15-9-5-4-6-10-15)14-24-19-11-7-8-12-23(17,19)29-18/h7-8,14-15,17-18H,4-6,9-13H2,1-3H3,(H,25,26). The monoisotopic (exact) mass is 416 g/mol. The Morgan fingerprint density at radius 1 is 1.21 bits per heavy atom. The summed E-state index contributed by atoms with van der Waals surface area (Å²) in [6.07, 6.45) is 14.1. The number of hydrogen-bond donors (Lipinski definition) is 1. The van der Waals surface area contributed by atoms with E-state index in [0.717, 1.165) is 37.0 Å². The highest BCUT2D eigenvalue weighted by Crippen LogP contribution is 2.57. The maximum Gasteiger partial charge on any atom is 0.319 e. The van der Waals surface area contributed by atoms with Gasteiger partial charge in [-0.3, -0.25) is 14.6 Å². The number of carbonyl (C=O) groups is 2. The van der Waals surface area contributed by atoms with Crippen molar-refractivity contribution in [2.75, 3.05) is 0 Å². The zero-order chi connectivity index (χ0) is 20.6. The molecule has 3 unspecified atom stereocenters. The number of thioether (sulfide) groups is 1. The quantitative estimate of drug-likeness (QED) is 0.549. The third kappa shape index (κ3) is 4.18. The van der Waals surface area contributed by atoms with Crippen molar-refractivity contribution < 1.29 is 14.3 Å². The number of amides is 1. The lowest BCUT2D eigenvalue weighted by Crippen LogP contribution is -2.47. The first-order chi connectivity index (χ1) is 13.8. The number of nitrogens with one attached hydrogen (secondary N) is 1. The maximum atomic E-state index is 13.2. The third-order valence-corrected chi connectivity index (χ3v) is 8.14. The summed E-state index contributed by atoms with van der Waals surface area (Å²) in [4.78, 5) is 30.8. The van der Waals surface area contributed by atoms with Gasteiger partial charge in [-0.15, -0.1) is 11.8 Å². The van der Waals surface area contributed by atoms with Gasteiger partial charge in [0.1, 0.15) is 10.9 Å². The van der Waals surface area contributed by atoms with Crippen LogP contribution in [0.4, 0.5) is 0 Å². The molecule has 4 aliphatic rings. The van der Waals surface area contributed by atoms with E-state index in [-0.39, 0.29) is 33.8 Å². The van der Waals surface area contributed by atoms with E-state index in [2.05, 4.69) is 17.5 Å². The van der Waals surface area contributed by atoms with Crippen LogP contribution >= 0.6 is 11.8 Å². The van der Waals surface area contributed by atoms with E-state index in [1.807, 2.05) is 20.8 Å². The summed E-state index contributed by atoms with van der Waals surface area (Å²) in [5.74, 6) is -0.164. The van der Waals surface area contributed by atoms with Crippen molar-refractivity contribution in [2.45, 2.75) is 93.8 Å². The van der Waals surface area contributed by atoms with Crippen LogP contribution in [0.25, 0.3) is 0 Å². The molecule has 3 atom stereocenters.